The van der Waals surface area contributed by atoms with E-state index in [2.05, 4.69) is 15.7 Å². The summed E-state index contributed by atoms with van der Waals surface area (Å²) in [5.74, 6) is 2.15. The molecule has 0 N–H and O–H groups in total. The van der Waals surface area contributed by atoms with Crippen molar-refractivity contribution in [2.75, 3.05) is 0 Å². The van der Waals surface area contributed by atoms with E-state index in [4.69, 9.17) is 0 Å². The largest absolute Gasteiger partial charge is 0.332 e. The zero-order valence-corrected chi connectivity index (χ0v) is 5.83. The van der Waals surface area contributed by atoms with Crippen molar-refractivity contribution in [3.63, 3.8) is 0 Å². The Labute approximate surface area is 59.9 Å². The quantitative estimate of drug-likeness (QED) is 0.528. The van der Waals surface area contributed by atoms with Crippen molar-refractivity contribution in [1.82, 2.24) is 9.55 Å². The van der Waals surface area contributed by atoms with Gasteiger partial charge in [-0.2, -0.15) is 0 Å². The van der Waals surface area contributed by atoms with Crippen molar-refractivity contribution >= 4 is 0 Å². The fourth-order valence-corrected chi connectivity index (χ4v) is 2.39. The van der Waals surface area contributed by atoms with E-state index in [0.29, 0.717) is 0 Å². The van der Waals surface area contributed by atoms with Crippen LogP contribution in [0.4, 0.5) is 0 Å². The maximum atomic E-state index is 4.34. The van der Waals surface area contributed by atoms with Crippen molar-refractivity contribution in [3.05, 3.63) is 18.2 Å². The molecular weight excluding hydrogens is 124 g/mol. The lowest BCUT2D eigenvalue weighted by atomic mass is 10.1. The van der Waals surface area contributed by atoms with Crippen molar-refractivity contribution in [2.45, 2.75) is 31.2 Å². The summed E-state index contributed by atoms with van der Waals surface area (Å²) in [6.45, 7) is 0. The molecule has 0 saturated heterocycles. The van der Waals surface area contributed by atoms with Crippen LogP contribution in [-0.4, -0.2) is 9.55 Å². The molecule has 3 rings (SSSR count). The number of nitrogens with zero attached hydrogens (tertiary/aromatic N) is 2. The number of imidazole rings is 1. The summed E-state index contributed by atoms with van der Waals surface area (Å²) in [5.41, 5.74) is 0. The van der Waals surface area contributed by atoms with Crippen LogP contribution in [0.5, 0.6) is 0 Å². The Hall–Kier alpha value is -0.790. The summed E-state index contributed by atoms with van der Waals surface area (Å²) in [4.78, 5) is 4.34. The molecule has 0 radical (unpaired) electrons. The molecule has 1 aliphatic heterocycles. The highest BCUT2D eigenvalue weighted by atomic mass is 15.1. The molecule has 1 aliphatic carbocycles. The number of fused-ring (bicyclic) bond motifs is 5. The molecule has 52 valence electrons. The Kier molecular flexibility index (Phi) is 0.712. The molecule has 2 aliphatic rings. The van der Waals surface area contributed by atoms with Crippen LogP contribution in [0.2, 0.25) is 0 Å². The van der Waals surface area contributed by atoms with E-state index < -0.39 is 0 Å². The number of hydrogen-bond donors (Lipinski definition) is 0. The molecule has 10 heavy (non-hydrogen) atoms. The predicted molar refractivity (Wildman–Crippen MR) is 37.9 cm³/mol. The molecule has 0 amide bonds. The van der Waals surface area contributed by atoms with Crippen molar-refractivity contribution in [3.8, 4) is 0 Å². The summed E-state index contributed by atoms with van der Waals surface area (Å²) in [5, 5.41) is 0. The van der Waals surface area contributed by atoms with Gasteiger partial charge in [-0.25, -0.2) is 4.98 Å². The second kappa shape index (κ2) is 1.44. The smallest absolute Gasteiger partial charge is 0.112 e. The van der Waals surface area contributed by atoms with Gasteiger partial charge in [0.25, 0.3) is 0 Å². The van der Waals surface area contributed by atoms with E-state index >= 15 is 0 Å². The molecule has 2 atom stereocenters. The molecule has 1 fully saturated rings. The minimum atomic E-state index is 0.806. The van der Waals surface area contributed by atoms with Crippen molar-refractivity contribution < 1.29 is 0 Å². The maximum absolute atomic E-state index is 4.34. The Morgan fingerprint density at radius 3 is 3.40 bits per heavy atom. The number of hydrogen-bond acceptors (Lipinski definition) is 1. The summed E-state index contributed by atoms with van der Waals surface area (Å²) < 4.78 is 2.36. The molecule has 2 heteroatoms. The third-order valence-corrected chi connectivity index (χ3v) is 2.86. The first-order chi connectivity index (χ1) is 4.95. The van der Waals surface area contributed by atoms with Gasteiger partial charge in [0.05, 0.1) is 0 Å². The van der Waals surface area contributed by atoms with Gasteiger partial charge in [-0.3, -0.25) is 0 Å². The average molecular weight is 134 g/mol. The van der Waals surface area contributed by atoms with Crippen molar-refractivity contribution in [1.29, 1.82) is 0 Å². The number of aromatic nitrogens is 2. The van der Waals surface area contributed by atoms with Gasteiger partial charge in [0.2, 0.25) is 0 Å². The zero-order valence-electron chi connectivity index (χ0n) is 5.83. The molecule has 1 aromatic heterocycles. The summed E-state index contributed by atoms with van der Waals surface area (Å²) in [7, 11) is 0. The van der Waals surface area contributed by atoms with Crippen LogP contribution in [0.15, 0.2) is 12.4 Å². The van der Waals surface area contributed by atoms with Crippen LogP contribution in [0, 0.1) is 0 Å². The van der Waals surface area contributed by atoms with Gasteiger partial charge in [0.1, 0.15) is 5.82 Å². The molecule has 2 heterocycles. The van der Waals surface area contributed by atoms with Gasteiger partial charge in [0, 0.05) is 24.4 Å². The second-order valence-electron chi connectivity index (χ2n) is 3.36. The first-order valence-electron chi connectivity index (χ1n) is 3.98. The fraction of sp³-hybridized carbons (Fsp3) is 0.625. The topological polar surface area (TPSA) is 17.8 Å². The predicted octanol–water partition coefficient (Wildman–Crippen LogP) is 1.71. The highest BCUT2D eigenvalue weighted by molar-refractivity contribution is 5.13. The van der Waals surface area contributed by atoms with E-state index in [9.17, 15) is 0 Å². The molecular formula is C8H10N2. The molecule has 0 aromatic carbocycles. The maximum Gasteiger partial charge on any atom is 0.112 e. The standard InChI is InChI=1S/C8H10N2/c1-2-7-5-6(1)8-9-3-4-10(7)8/h3-4,6-7H,1-2,5H2/t6-,7+/m1/s1. The zero-order chi connectivity index (χ0) is 6.55. The third kappa shape index (κ3) is 0.405. The molecule has 0 unspecified atom stereocenters. The van der Waals surface area contributed by atoms with Crippen LogP contribution in [-0.2, 0) is 0 Å². The van der Waals surface area contributed by atoms with E-state index in [1.165, 1.54) is 25.1 Å². The third-order valence-electron chi connectivity index (χ3n) is 2.86. The first-order valence-corrected chi connectivity index (χ1v) is 3.98. The lowest BCUT2D eigenvalue weighted by Crippen LogP contribution is -2.04. The van der Waals surface area contributed by atoms with Gasteiger partial charge in [-0.05, 0) is 19.3 Å². The van der Waals surface area contributed by atoms with E-state index in [-0.39, 0.29) is 0 Å². The Balaban J connectivity index is 2.25. The minimum Gasteiger partial charge on any atom is -0.332 e. The van der Waals surface area contributed by atoms with E-state index in [1.807, 2.05) is 6.20 Å². The fourth-order valence-electron chi connectivity index (χ4n) is 2.39. The summed E-state index contributed by atoms with van der Waals surface area (Å²) >= 11 is 0. The van der Waals surface area contributed by atoms with Crippen LogP contribution in [0.25, 0.3) is 0 Å². The SMILES string of the molecule is c1cn2c(n1)[C@@H]1CC[C@H]2C1. The van der Waals surface area contributed by atoms with Crippen LogP contribution < -0.4 is 0 Å². The van der Waals surface area contributed by atoms with Crippen molar-refractivity contribution in [2.24, 2.45) is 0 Å². The number of rotatable bonds is 0. The highest BCUT2D eigenvalue weighted by Gasteiger charge is 2.37. The summed E-state index contributed by atoms with van der Waals surface area (Å²) in [6.07, 6.45) is 8.18. The second-order valence-corrected chi connectivity index (χ2v) is 3.36. The van der Waals surface area contributed by atoms with Gasteiger partial charge < -0.3 is 4.57 Å². The van der Waals surface area contributed by atoms with Gasteiger partial charge in [-0.15, -0.1) is 0 Å². The average Bonchev–Trinajstić information content (AvgIpc) is 2.60. The van der Waals surface area contributed by atoms with Gasteiger partial charge >= 0.3 is 0 Å². The van der Waals surface area contributed by atoms with E-state index in [0.717, 1.165) is 12.0 Å². The molecule has 2 bridgehead atoms. The van der Waals surface area contributed by atoms with Crippen LogP contribution >= 0.6 is 0 Å². The lowest BCUT2D eigenvalue weighted by molar-refractivity contribution is 0.526. The van der Waals surface area contributed by atoms with Crippen LogP contribution in [0.3, 0.4) is 0 Å². The van der Waals surface area contributed by atoms with Crippen LogP contribution in [0.1, 0.15) is 37.0 Å². The first kappa shape index (κ1) is 4.94. The van der Waals surface area contributed by atoms with E-state index in [1.54, 1.807) is 0 Å². The highest BCUT2D eigenvalue weighted by Crippen LogP contribution is 2.47. The molecule has 0 spiro atoms. The van der Waals surface area contributed by atoms with Gasteiger partial charge in [-0.1, -0.05) is 0 Å². The van der Waals surface area contributed by atoms with Gasteiger partial charge in [0.15, 0.2) is 0 Å². The lowest BCUT2D eigenvalue weighted by Gasteiger charge is -2.11. The summed E-state index contributed by atoms with van der Waals surface area (Å²) in [6, 6.07) is 0.808. The Bertz CT molecular complexity index is 239. The monoisotopic (exact) mass is 134 g/mol. The molecule has 2 nitrogen and oxygen atoms in total. The Morgan fingerprint density at radius 2 is 2.50 bits per heavy atom. The Morgan fingerprint density at radius 1 is 1.50 bits per heavy atom. The minimum absolute atomic E-state index is 0.806. The normalized spacial score (nSPS) is 34.8. The molecule has 1 aromatic rings. The molecule has 1 saturated carbocycles.